The molecule has 0 aromatic heterocycles. The smallest absolute Gasteiger partial charge is 0.335 e. The molecule has 1 N–H and O–H groups in total. The first-order valence-corrected chi connectivity index (χ1v) is 5.95. The Morgan fingerprint density at radius 1 is 1.10 bits per heavy atom. The highest BCUT2D eigenvalue weighted by Crippen LogP contribution is 2.28. The predicted octanol–water partition coefficient (Wildman–Crippen LogP) is 2.90. The van der Waals surface area contributed by atoms with E-state index in [1.54, 1.807) is 0 Å². The van der Waals surface area contributed by atoms with Crippen LogP contribution in [0.4, 0.5) is 0 Å². The Bertz CT molecular complexity index is 580. The Morgan fingerprint density at radius 3 is 2.50 bits per heavy atom. The maximum atomic E-state index is 10.9. The van der Waals surface area contributed by atoms with Crippen LogP contribution in [0.15, 0.2) is 48.5 Å². The number of benzene rings is 2. The number of aromatic carboxylic acids is 1. The Labute approximate surface area is 116 Å². The number of hydrogen-bond donors (Lipinski definition) is 1. The zero-order valence-electron chi connectivity index (χ0n) is 10.9. The average molecular weight is 274 g/mol. The molecule has 0 unspecified atom stereocenters. The highest BCUT2D eigenvalue weighted by molar-refractivity contribution is 5.88. The molecule has 0 fully saturated rings. The summed E-state index contributed by atoms with van der Waals surface area (Å²) in [6, 6.07) is 13.8. The number of ether oxygens (including phenoxy) is 1. The van der Waals surface area contributed by atoms with Crippen LogP contribution in [-0.2, 0) is 11.5 Å². The molecule has 2 aromatic rings. The van der Waals surface area contributed by atoms with Gasteiger partial charge in [0.1, 0.15) is 6.61 Å². The molecular weight excluding hydrogens is 260 g/mol. The first kappa shape index (κ1) is 13.9. The van der Waals surface area contributed by atoms with E-state index < -0.39 is 5.97 Å². The molecule has 5 nitrogen and oxygen atoms in total. The molecule has 0 saturated carbocycles. The summed E-state index contributed by atoms with van der Waals surface area (Å²) in [5.74, 6) is -0.397. The van der Waals surface area contributed by atoms with Crippen molar-refractivity contribution in [3.05, 3.63) is 59.7 Å². The molecule has 2 rings (SSSR count). The van der Waals surface area contributed by atoms with E-state index in [9.17, 15) is 4.79 Å². The molecule has 0 heterocycles. The molecule has 5 heteroatoms. The van der Waals surface area contributed by atoms with E-state index >= 15 is 0 Å². The molecule has 0 spiro atoms. The molecule has 0 amide bonds. The minimum atomic E-state index is -1.03. The average Bonchev–Trinajstić information content (AvgIpc) is 2.48. The van der Waals surface area contributed by atoms with Gasteiger partial charge in [-0.3, -0.25) is 0 Å². The lowest BCUT2D eigenvalue weighted by atomic mass is 10.2. The SMILES string of the molecule is COc1cc(C(=O)O)ccc1OOCc1ccccc1. The summed E-state index contributed by atoms with van der Waals surface area (Å²) in [4.78, 5) is 21.1. The summed E-state index contributed by atoms with van der Waals surface area (Å²) < 4.78 is 5.07. The molecule has 0 aliphatic carbocycles. The highest BCUT2D eigenvalue weighted by Gasteiger charge is 2.10. The van der Waals surface area contributed by atoms with Gasteiger partial charge in [-0.15, -0.1) is 0 Å². The number of hydrogen-bond acceptors (Lipinski definition) is 4. The molecule has 2 aromatic carbocycles. The first-order valence-electron chi connectivity index (χ1n) is 5.95. The third kappa shape index (κ3) is 3.49. The van der Waals surface area contributed by atoms with Crippen LogP contribution in [0.25, 0.3) is 0 Å². The zero-order chi connectivity index (χ0) is 14.4. The van der Waals surface area contributed by atoms with E-state index in [-0.39, 0.29) is 12.2 Å². The second-order valence-electron chi connectivity index (χ2n) is 4.00. The van der Waals surface area contributed by atoms with Crippen molar-refractivity contribution in [3.63, 3.8) is 0 Å². The van der Waals surface area contributed by atoms with Crippen molar-refractivity contribution >= 4 is 5.97 Å². The Balaban J connectivity index is 2.00. The van der Waals surface area contributed by atoms with Gasteiger partial charge in [-0.25, -0.2) is 4.79 Å². The van der Waals surface area contributed by atoms with Crippen LogP contribution in [-0.4, -0.2) is 18.2 Å². The van der Waals surface area contributed by atoms with E-state index in [4.69, 9.17) is 19.6 Å². The van der Waals surface area contributed by atoms with Crippen LogP contribution in [0.1, 0.15) is 15.9 Å². The number of carbonyl (C=O) groups is 1. The lowest BCUT2D eigenvalue weighted by Crippen LogP contribution is -2.02. The maximum Gasteiger partial charge on any atom is 0.335 e. The zero-order valence-corrected chi connectivity index (χ0v) is 10.9. The van der Waals surface area contributed by atoms with Crippen LogP contribution in [0.5, 0.6) is 11.5 Å². The Morgan fingerprint density at radius 2 is 1.85 bits per heavy atom. The molecule has 0 bridgehead atoms. The molecule has 0 saturated heterocycles. The van der Waals surface area contributed by atoms with Crippen LogP contribution in [0, 0.1) is 0 Å². The minimum absolute atomic E-state index is 0.122. The van der Waals surface area contributed by atoms with Crippen molar-refractivity contribution in [1.82, 2.24) is 0 Å². The number of carboxylic acid groups (broad SMARTS) is 1. The van der Waals surface area contributed by atoms with Gasteiger partial charge in [0.15, 0.2) is 5.75 Å². The molecule has 0 atom stereocenters. The van der Waals surface area contributed by atoms with Crippen molar-refractivity contribution < 1.29 is 24.4 Å². The second kappa shape index (κ2) is 6.58. The minimum Gasteiger partial charge on any atom is -0.493 e. The maximum absolute atomic E-state index is 10.9. The number of rotatable bonds is 6. The van der Waals surface area contributed by atoms with E-state index in [0.29, 0.717) is 11.5 Å². The fourth-order valence-electron chi connectivity index (χ4n) is 1.60. The fourth-order valence-corrected chi connectivity index (χ4v) is 1.60. The van der Waals surface area contributed by atoms with Gasteiger partial charge in [0.2, 0.25) is 5.75 Å². The largest absolute Gasteiger partial charge is 0.493 e. The highest BCUT2D eigenvalue weighted by atomic mass is 17.2. The van der Waals surface area contributed by atoms with Gasteiger partial charge in [-0.05, 0) is 23.8 Å². The van der Waals surface area contributed by atoms with Gasteiger partial charge in [-0.2, -0.15) is 4.89 Å². The standard InChI is InChI=1S/C15H14O5/c1-18-14-9-12(15(16)17)7-8-13(14)20-19-10-11-5-3-2-4-6-11/h2-9H,10H2,1H3,(H,16,17). The summed E-state index contributed by atoms with van der Waals surface area (Å²) >= 11 is 0. The third-order valence-corrected chi connectivity index (χ3v) is 2.63. The van der Waals surface area contributed by atoms with Crippen LogP contribution in [0.2, 0.25) is 0 Å². The van der Waals surface area contributed by atoms with Gasteiger partial charge in [0, 0.05) is 0 Å². The summed E-state index contributed by atoms with van der Waals surface area (Å²) in [6.07, 6.45) is 0. The summed E-state index contributed by atoms with van der Waals surface area (Å²) in [6.45, 7) is 0.282. The normalized spacial score (nSPS) is 10.1. The van der Waals surface area contributed by atoms with Crippen molar-refractivity contribution in [2.75, 3.05) is 7.11 Å². The molecule has 0 radical (unpaired) electrons. The van der Waals surface area contributed by atoms with Gasteiger partial charge in [-0.1, -0.05) is 30.3 Å². The Hall–Kier alpha value is -2.53. The van der Waals surface area contributed by atoms with Gasteiger partial charge < -0.3 is 14.7 Å². The molecular formula is C15H14O5. The monoisotopic (exact) mass is 274 g/mol. The van der Waals surface area contributed by atoms with E-state index in [1.807, 2.05) is 30.3 Å². The first-order chi connectivity index (χ1) is 9.70. The molecule has 20 heavy (non-hydrogen) atoms. The number of methoxy groups -OCH3 is 1. The molecule has 0 aliphatic rings. The van der Waals surface area contributed by atoms with E-state index in [1.165, 1.54) is 25.3 Å². The summed E-state index contributed by atoms with van der Waals surface area (Å²) in [5, 5.41) is 8.89. The van der Waals surface area contributed by atoms with Crippen LogP contribution >= 0.6 is 0 Å². The van der Waals surface area contributed by atoms with Crippen molar-refractivity contribution in [3.8, 4) is 11.5 Å². The lowest BCUT2D eigenvalue weighted by molar-refractivity contribution is -0.218. The fraction of sp³-hybridized carbons (Fsp3) is 0.133. The topological polar surface area (TPSA) is 65.0 Å². The molecule has 104 valence electrons. The summed E-state index contributed by atoms with van der Waals surface area (Å²) in [5.41, 5.74) is 1.09. The van der Waals surface area contributed by atoms with Crippen LogP contribution < -0.4 is 9.62 Å². The second-order valence-corrected chi connectivity index (χ2v) is 4.00. The quantitative estimate of drug-likeness (QED) is 0.648. The van der Waals surface area contributed by atoms with Crippen molar-refractivity contribution in [2.45, 2.75) is 6.61 Å². The van der Waals surface area contributed by atoms with Gasteiger partial charge >= 0.3 is 5.97 Å². The van der Waals surface area contributed by atoms with Crippen molar-refractivity contribution in [2.24, 2.45) is 0 Å². The third-order valence-electron chi connectivity index (χ3n) is 2.63. The van der Waals surface area contributed by atoms with Gasteiger partial charge in [0.05, 0.1) is 12.7 Å². The summed E-state index contributed by atoms with van der Waals surface area (Å²) in [7, 11) is 1.44. The lowest BCUT2D eigenvalue weighted by Gasteiger charge is -2.09. The number of carboxylic acids is 1. The van der Waals surface area contributed by atoms with Crippen LogP contribution in [0.3, 0.4) is 0 Å². The van der Waals surface area contributed by atoms with E-state index in [2.05, 4.69) is 0 Å². The Kier molecular flexibility index (Phi) is 4.57. The predicted molar refractivity (Wildman–Crippen MR) is 71.8 cm³/mol. The van der Waals surface area contributed by atoms with E-state index in [0.717, 1.165) is 5.56 Å². The van der Waals surface area contributed by atoms with Crippen molar-refractivity contribution in [1.29, 1.82) is 0 Å². The van der Waals surface area contributed by atoms with Gasteiger partial charge in [0.25, 0.3) is 0 Å². The molecule has 0 aliphatic heterocycles.